The molecule has 0 bridgehead atoms. The number of benzene rings is 2. The Morgan fingerprint density at radius 2 is 1.96 bits per heavy atom. The number of fused-ring (bicyclic) bond motifs is 1. The maximum Gasteiger partial charge on any atom is 0.262 e. The minimum absolute atomic E-state index is 0.108. The van der Waals surface area contributed by atoms with Crippen LogP contribution in [-0.2, 0) is 9.59 Å². The highest BCUT2D eigenvalue weighted by Gasteiger charge is 2.32. The van der Waals surface area contributed by atoms with E-state index in [2.05, 4.69) is 10.6 Å². The van der Waals surface area contributed by atoms with Gasteiger partial charge in [-0.25, -0.2) is 0 Å². The quantitative estimate of drug-likeness (QED) is 0.845. The van der Waals surface area contributed by atoms with Crippen molar-refractivity contribution in [1.29, 1.82) is 0 Å². The molecule has 7 heteroatoms. The maximum absolute atomic E-state index is 12.2. The van der Waals surface area contributed by atoms with Crippen LogP contribution in [0.1, 0.15) is 13.8 Å². The Balaban J connectivity index is 1.64. The fourth-order valence-corrected chi connectivity index (χ4v) is 2.52. The van der Waals surface area contributed by atoms with Crippen molar-refractivity contribution in [1.82, 2.24) is 0 Å². The lowest BCUT2D eigenvalue weighted by Gasteiger charge is -2.18. The number of methoxy groups -OCH3 is 1. The highest BCUT2D eigenvalue weighted by atomic mass is 16.5. The van der Waals surface area contributed by atoms with Gasteiger partial charge in [0.2, 0.25) is 5.91 Å². The van der Waals surface area contributed by atoms with E-state index in [0.29, 0.717) is 28.6 Å². The van der Waals surface area contributed by atoms with E-state index in [-0.39, 0.29) is 25.0 Å². The molecule has 0 fully saturated rings. The van der Waals surface area contributed by atoms with Crippen molar-refractivity contribution in [2.45, 2.75) is 13.8 Å². The van der Waals surface area contributed by atoms with E-state index in [9.17, 15) is 9.59 Å². The third-order valence-electron chi connectivity index (χ3n) is 4.14. The lowest BCUT2D eigenvalue weighted by molar-refractivity contribution is -0.125. The molecule has 0 spiro atoms. The van der Waals surface area contributed by atoms with Crippen molar-refractivity contribution >= 4 is 23.2 Å². The van der Waals surface area contributed by atoms with E-state index >= 15 is 0 Å². The molecule has 0 saturated heterocycles. The second-order valence-corrected chi connectivity index (χ2v) is 6.83. The first-order valence-corrected chi connectivity index (χ1v) is 8.53. The van der Waals surface area contributed by atoms with Gasteiger partial charge in [0.15, 0.2) is 18.1 Å². The zero-order chi connectivity index (χ0) is 19.4. The van der Waals surface area contributed by atoms with Crippen molar-refractivity contribution in [3.63, 3.8) is 0 Å². The number of carbonyl (C=O) groups excluding carboxylic acids is 2. The Kier molecular flexibility index (Phi) is 5.21. The van der Waals surface area contributed by atoms with E-state index in [1.54, 1.807) is 36.4 Å². The summed E-state index contributed by atoms with van der Waals surface area (Å²) in [5.41, 5.74) is 0.496. The topological polar surface area (TPSA) is 85.9 Å². The largest absolute Gasteiger partial charge is 0.493 e. The van der Waals surface area contributed by atoms with Gasteiger partial charge in [-0.2, -0.15) is 0 Å². The first-order valence-electron chi connectivity index (χ1n) is 8.53. The number of ether oxygens (including phenoxy) is 3. The molecule has 0 radical (unpaired) electrons. The molecule has 0 saturated carbocycles. The van der Waals surface area contributed by atoms with Crippen molar-refractivity contribution in [3.8, 4) is 17.2 Å². The van der Waals surface area contributed by atoms with Crippen LogP contribution in [0.4, 0.5) is 11.4 Å². The second kappa shape index (κ2) is 7.57. The number of hydrogen-bond donors (Lipinski definition) is 2. The molecule has 142 valence electrons. The highest BCUT2D eigenvalue weighted by Crippen LogP contribution is 2.34. The number of nitrogens with one attached hydrogen (secondary N) is 2. The summed E-state index contributed by atoms with van der Waals surface area (Å²) in [6, 6.07) is 12.2. The van der Waals surface area contributed by atoms with Gasteiger partial charge in [-0.05, 0) is 38.1 Å². The summed E-state index contributed by atoms with van der Waals surface area (Å²) in [5, 5.41) is 5.59. The fraction of sp³-hybridized carbons (Fsp3) is 0.300. The van der Waals surface area contributed by atoms with Crippen molar-refractivity contribution in [3.05, 3.63) is 42.5 Å². The predicted molar refractivity (Wildman–Crippen MR) is 101 cm³/mol. The van der Waals surface area contributed by atoms with E-state index in [1.165, 1.54) is 7.11 Å². The van der Waals surface area contributed by atoms with Gasteiger partial charge >= 0.3 is 0 Å². The zero-order valence-corrected chi connectivity index (χ0v) is 15.5. The summed E-state index contributed by atoms with van der Waals surface area (Å²) in [5.74, 6) is 1.13. The summed E-state index contributed by atoms with van der Waals surface area (Å²) in [6.07, 6.45) is 0. The summed E-state index contributed by atoms with van der Waals surface area (Å²) < 4.78 is 16.4. The Morgan fingerprint density at radius 3 is 2.70 bits per heavy atom. The smallest absolute Gasteiger partial charge is 0.262 e. The van der Waals surface area contributed by atoms with E-state index in [4.69, 9.17) is 14.2 Å². The number of para-hydroxylation sites is 2. The molecule has 1 heterocycles. The normalized spacial score (nSPS) is 14.9. The SMILES string of the molecule is COc1ccccc1OCC(=O)Nc1ccc2c(c1)OCC(C)(C)C(=O)N2. The molecule has 1 aliphatic rings. The van der Waals surface area contributed by atoms with Gasteiger partial charge in [0.25, 0.3) is 5.91 Å². The van der Waals surface area contributed by atoms with Crippen LogP contribution >= 0.6 is 0 Å². The molecule has 3 rings (SSSR count). The van der Waals surface area contributed by atoms with Gasteiger partial charge in [0.1, 0.15) is 12.4 Å². The lowest BCUT2D eigenvalue weighted by Crippen LogP contribution is -2.33. The number of anilines is 2. The monoisotopic (exact) mass is 370 g/mol. The standard InChI is InChI=1S/C20H22N2O5/c1-20(2)12-27-17-10-13(8-9-14(17)22-19(20)24)21-18(23)11-26-16-7-5-4-6-15(16)25-3/h4-10H,11-12H2,1-3H3,(H,21,23)(H,22,24). The number of rotatable bonds is 5. The Morgan fingerprint density at radius 1 is 1.22 bits per heavy atom. The van der Waals surface area contributed by atoms with Crippen LogP contribution in [0.2, 0.25) is 0 Å². The first kappa shape index (κ1) is 18.6. The van der Waals surface area contributed by atoms with Crippen LogP contribution in [-0.4, -0.2) is 32.1 Å². The third-order valence-corrected chi connectivity index (χ3v) is 4.14. The molecule has 0 atom stereocenters. The van der Waals surface area contributed by atoms with Crippen LogP contribution in [0.3, 0.4) is 0 Å². The van der Waals surface area contributed by atoms with Crippen LogP contribution in [0.5, 0.6) is 17.2 Å². The van der Waals surface area contributed by atoms with Gasteiger partial charge in [-0.15, -0.1) is 0 Å². The number of carbonyl (C=O) groups is 2. The Labute approximate surface area is 157 Å². The average molecular weight is 370 g/mol. The summed E-state index contributed by atoms with van der Waals surface area (Å²) >= 11 is 0. The van der Waals surface area contributed by atoms with E-state index in [0.717, 1.165) is 0 Å². The molecule has 0 unspecified atom stereocenters. The summed E-state index contributed by atoms with van der Waals surface area (Å²) in [7, 11) is 1.54. The predicted octanol–water partition coefficient (Wildman–Crippen LogP) is 3.07. The highest BCUT2D eigenvalue weighted by molar-refractivity contribution is 5.98. The molecule has 2 amide bonds. The van der Waals surface area contributed by atoms with E-state index < -0.39 is 5.41 Å². The molecule has 7 nitrogen and oxygen atoms in total. The van der Waals surface area contributed by atoms with Gasteiger partial charge in [-0.3, -0.25) is 9.59 Å². The van der Waals surface area contributed by atoms with Crippen molar-refractivity contribution < 1.29 is 23.8 Å². The summed E-state index contributed by atoms with van der Waals surface area (Å²) in [6.45, 7) is 3.71. The first-order chi connectivity index (χ1) is 12.9. The van der Waals surface area contributed by atoms with Crippen LogP contribution in [0, 0.1) is 5.41 Å². The molecule has 0 aliphatic carbocycles. The number of amides is 2. The average Bonchev–Trinajstić information content (AvgIpc) is 2.76. The van der Waals surface area contributed by atoms with Gasteiger partial charge in [0.05, 0.1) is 18.2 Å². The van der Waals surface area contributed by atoms with Gasteiger partial charge in [-0.1, -0.05) is 12.1 Å². The Hall–Kier alpha value is -3.22. The fourth-order valence-electron chi connectivity index (χ4n) is 2.52. The van der Waals surface area contributed by atoms with E-state index in [1.807, 2.05) is 19.9 Å². The minimum Gasteiger partial charge on any atom is -0.493 e. The van der Waals surface area contributed by atoms with Crippen LogP contribution in [0.25, 0.3) is 0 Å². The molecule has 2 aromatic carbocycles. The molecular formula is C20H22N2O5. The zero-order valence-electron chi connectivity index (χ0n) is 15.5. The number of hydrogen-bond acceptors (Lipinski definition) is 5. The molecular weight excluding hydrogens is 348 g/mol. The van der Waals surface area contributed by atoms with Crippen LogP contribution in [0.15, 0.2) is 42.5 Å². The molecule has 2 N–H and O–H groups in total. The second-order valence-electron chi connectivity index (χ2n) is 6.83. The summed E-state index contributed by atoms with van der Waals surface area (Å²) in [4.78, 5) is 24.3. The van der Waals surface area contributed by atoms with Crippen molar-refractivity contribution in [2.24, 2.45) is 5.41 Å². The van der Waals surface area contributed by atoms with Crippen LogP contribution < -0.4 is 24.8 Å². The molecule has 27 heavy (non-hydrogen) atoms. The molecule has 2 aromatic rings. The third kappa shape index (κ3) is 4.31. The van der Waals surface area contributed by atoms with Crippen molar-refractivity contribution in [2.75, 3.05) is 31.0 Å². The minimum atomic E-state index is -0.634. The molecule has 0 aromatic heterocycles. The van der Waals surface area contributed by atoms with Gasteiger partial charge in [0, 0.05) is 11.8 Å². The lowest BCUT2D eigenvalue weighted by atomic mass is 9.94. The van der Waals surface area contributed by atoms with Gasteiger partial charge < -0.3 is 24.8 Å². The Bertz CT molecular complexity index is 863. The maximum atomic E-state index is 12.2. The molecule has 1 aliphatic heterocycles.